The van der Waals surface area contributed by atoms with E-state index in [0.717, 1.165) is 0 Å². The number of nitrogens with two attached hydrogens (primary N) is 2. The quantitative estimate of drug-likeness (QED) is 0.296. The van der Waals surface area contributed by atoms with Gasteiger partial charge in [-0.2, -0.15) is 0 Å². The standard InChI is InChI=1S/C15H29N3O6/c16-2-1-11(20)15(22)18-9-3-8(17)4-10(5-9)23-14-6-12(21)13(7-19)24-14/h8-14,19-21H,1-7,16-17H2,(H,18,22)/t8?,9?,10?,11?,12-,13?,14?/m0/s1. The van der Waals surface area contributed by atoms with Crippen molar-refractivity contribution in [1.29, 1.82) is 0 Å². The Hall–Kier alpha value is -0.810. The number of hydrogen-bond donors (Lipinski definition) is 6. The molecule has 1 heterocycles. The fraction of sp³-hybridized carbons (Fsp3) is 0.933. The van der Waals surface area contributed by atoms with Gasteiger partial charge in [0.25, 0.3) is 0 Å². The Balaban J connectivity index is 1.83. The third-order valence-corrected chi connectivity index (χ3v) is 4.50. The maximum Gasteiger partial charge on any atom is 0.249 e. The molecule has 9 nitrogen and oxygen atoms in total. The van der Waals surface area contributed by atoms with Crippen molar-refractivity contribution in [2.24, 2.45) is 11.5 Å². The molecule has 0 bridgehead atoms. The van der Waals surface area contributed by atoms with Crippen molar-refractivity contribution in [2.45, 2.75) is 74.9 Å². The van der Waals surface area contributed by atoms with E-state index in [1.165, 1.54) is 0 Å². The molecule has 140 valence electrons. The van der Waals surface area contributed by atoms with Gasteiger partial charge in [-0.1, -0.05) is 0 Å². The van der Waals surface area contributed by atoms with Crippen LogP contribution in [0.1, 0.15) is 32.1 Å². The Morgan fingerprint density at radius 1 is 1.33 bits per heavy atom. The lowest BCUT2D eigenvalue weighted by atomic mass is 9.89. The van der Waals surface area contributed by atoms with E-state index in [2.05, 4.69) is 5.32 Å². The first-order valence-corrected chi connectivity index (χ1v) is 8.46. The molecule has 2 aliphatic rings. The van der Waals surface area contributed by atoms with Gasteiger partial charge >= 0.3 is 0 Å². The predicted molar refractivity (Wildman–Crippen MR) is 84.7 cm³/mol. The molecular weight excluding hydrogens is 318 g/mol. The normalized spacial score (nSPS) is 38.0. The Kier molecular flexibility index (Phi) is 7.35. The summed E-state index contributed by atoms with van der Waals surface area (Å²) in [4.78, 5) is 11.9. The third kappa shape index (κ3) is 5.35. The first-order chi connectivity index (χ1) is 11.4. The highest BCUT2D eigenvalue weighted by atomic mass is 16.7. The monoisotopic (exact) mass is 347 g/mol. The predicted octanol–water partition coefficient (Wildman–Crippen LogP) is -2.45. The van der Waals surface area contributed by atoms with Gasteiger partial charge in [0.2, 0.25) is 5.91 Å². The van der Waals surface area contributed by atoms with Crippen molar-refractivity contribution in [3.05, 3.63) is 0 Å². The van der Waals surface area contributed by atoms with E-state index in [0.29, 0.717) is 25.7 Å². The van der Waals surface area contributed by atoms with Gasteiger partial charge in [0, 0.05) is 18.5 Å². The molecule has 7 atom stereocenters. The molecule has 0 aromatic rings. The highest BCUT2D eigenvalue weighted by Crippen LogP contribution is 2.27. The largest absolute Gasteiger partial charge is 0.394 e. The summed E-state index contributed by atoms with van der Waals surface area (Å²) >= 11 is 0. The zero-order valence-electron chi connectivity index (χ0n) is 13.7. The molecule has 2 fully saturated rings. The summed E-state index contributed by atoms with van der Waals surface area (Å²) in [6.45, 7) is -0.0270. The molecule has 9 heteroatoms. The number of amides is 1. The number of aliphatic hydroxyl groups excluding tert-OH is 3. The van der Waals surface area contributed by atoms with E-state index in [-0.39, 0.29) is 37.8 Å². The van der Waals surface area contributed by atoms with E-state index in [9.17, 15) is 15.0 Å². The molecule has 8 N–H and O–H groups in total. The molecule has 1 aliphatic carbocycles. The molecule has 0 radical (unpaired) electrons. The van der Waals surface area contributed by atoms with Crippen LogP contribution in [-0.2, 0) is 14.3 Å². The van der Waals surface area contributed by atoms with Gasteiger partial charge in [0.05, 0.1) is 18.8 Å². The molecule has 2 rings (SSSR count). The summed E-state index contributed by atoms with van der Waals surface area (Å²) in [5.74, 6) is -0.453. The van der Waals surface area contributed by atoms with E-state index < -0.39 is 30.5 Å². The van der Waals surface area contributed by atoms with Crippen LogP contribution in [0.5, 0.6) is 0 Å². The van der Waals surface area contributed by atoms with Crippen LogP contribution < -0.4 is 16.8 Å². The number of carbonyl (C=O) groups excluding carboxylic acids is 1. The van der Waals surface area contributed by atoms with E-state index in [4.69, 9.17) is 26.0 Å². The number of nitrogens with one attached hydrogen (secondary N) is 1. The number of aliphatic hydroxyl groups is 3. The number of hydrogen-bond acceptors (Lipinski definition) is 8. The van der Waals surface area contributed by atoms with Crippen LogP contribution in [0.2, 0.25) is 0 Å². The van der Waals surface area contributed by atoms with Gasteiger partial charge in [0.15, 0.2) is 6.29 Å². The zero-order valence-corrected chi connectivity index (χ0v) is 13.7. The second-order valence-electron chi connectivity index (χ2n) is 6.61. The van der Waals surface area contributed by atoms with Crippen molar-refractivity contribution >= 4 is 5.91 Å². The Labute approximate surface area is 141 Å². The van der Waals surface area contributed by atoms with Crippen LogP contribution in [-0.4, -0.2) is 77.2 Å². The van der Waals surface area contributed by atoms with Crippen molar-refractivity contribution in [3.63, 3.8) is 0 Å². The maximum absolute atomic E-state index is 11.9. The second-order valence-corrected chi connectivity index (χ2v) is 6.61. The van der Waals surface area contributed by atoms with Crippen LogP contribution in [0, 0.1) is 0 Å². The SMILES string of the molecule is NCCC(O)C(=O)NC1CC(N)CC(OC2C[C@H](O)C(CO)O2)C1. The first kappa shape index (κ1) is 19.5. The van der Waals surface area contributed by atoms with Crippen molar-refractivity contribution in [2.75, 3.05) is 13.2 Å². The minimum atomic E-state index is -1.12. The molecule has 0 aromatic heterocycles. The fourth-order valence-electron chi connectivity index (χ4n) is 3.28. The average molecular weight is 347 g/mol. The molecule has 0 spiro atoms. The molecular formula is C15H29N3O6. The van der Waals surface area contributed by atoms with Gasteiger partial charge in [-0.15, -0.1) is 0 Å². The van der Waals surface area contributed by atoms with Crippen molar-refractivity contribution in [3.8, 4) is 0 Å². The second kappa shape index (κ2) is 9.04. The van der Waals surface area contributed by atoms with Crippen LogP contribution in [0.4, 0.5) is 0 Å². The van der Waals surface area contributed by atoms with Crippen LogP contribution in [0.3, 0.4) is 0 Å². The summed E-state index contributed by atoms with van der Waals surface area (Å²) in [6, 6.07) is -0.334. The molecule has 6 unspecified atom stereocenters. The van der Waals surface area contributed by atoms with Crippen LogP contribution in [0.15, 0.2) is 0 Å². The molecule has 1 saturated heterocycles. The van der Waals surface area contributed by atoms with E-state index in [1.807, 2.05) is 0 Å². The third-order valence-electron chi connectivity index (χ3n) is 4.50. The average Bonchev–Trinajstić information content (AvgIpc) is 2.86. The summed E-state index contributed by atoms with van der Waals surface area (Å²) in [7, 11) is 0. The Bertz CT molecular complexity index is 413. The first-order valence-electron chi connectivity index (χ1n) is 8.46. The smallest absolute Gasteiger partial charge is 0.249 e. The highest BCUT2D eigenvalue weighted by Gasteiger charge is 2.37. The van der Waals surface area contributed by atoms with E-state index >= 15 is 0 Å². The van der Waals surface area contributed by atoms with Crippen molar-refractivity contribution in [1.82, 2.24) is 5.32 Å². The lowest BCUT2D eigenvalue weighted by molar-refractivity contribution is -0.176. The van der Waals surface area contributed by atoms with Gasteiger partial charge in [-0.25, -0.2) is 0 Å². The summed E-state index contributed by atoms with van der Waals surface area (Å²) in [5.41, 5.74) is 11.4. The number of carbonyl (C=O) groups is 1. The van der Waals surface area contributed by atoms with E-state index in [1.54, 1.807) is 0 Å². The highest BCUT2D eigenvalue weighted by molar-refractivity contribution is 5.80. The molecule has 0 aromatic carbocycles. The summed E-state index contributed by atoms with van der Waals surface area (Å²) < 4.78 is 11.3. The molecule has 1 saturated carbocycles. The minimum absolute atomic E-state index is 0.138. The fourth-order valence-corrected chi connectivity index (χ4v) is 3.28. The maximum atomic E-state index is 11.9. The van der Waals surface area contributed by atoms with Crippen LogP contribution >= 0.6 is 0 Å². The lowest BCUT2D eigenvalue weighted by Gasteiger charge is -2.35. The number of ether oxygens (including phenoxy) is 2. The topological polar surface area (TPSA) is 160 Å². The molecule has 1 aliphatic heterocycles. The molecule has 1 amide bonds. The zero-order chi connectivity index (χ0) is 17.7. The Morgan fingerprint density at radius 3 is 2.71 bits per heavy atom. The molecule has 24 heavy (non-hydrogen) atoms. The van der Waals surface area contributed by atoms with Gasteiger partial charge < -0.3 is 41.6 Å². The van der Waals surface area contributed by atoms with Gasteiger partial charge in [-0.3, -0.25) is 4.79 Å². The Morgan fingerprint density at radius 2 is 2.08 bits per heavy atom. The summed E-state index contributed by atoms with van der Waals surface area (Å²) in [6.07, 6.45) is -1.03. The number of rotatable bonds is 7. The lowest BCUT2D eigenvalue weighted by Crippen LogP contribution is -2.50. The van der Waals surface area contributed by atoms with Gasteiger partial charge in [-0.05, 0) is 32.2 Å². The summed E-state index contributed by atoms with van der Waals surface area (Å²) in [5, 5.41) is 31.3. The minimum Gasteiger partial charge on any atom is -0.394 e. The van der Waals surface area contributed by atoms with Gasteiger partial charge in [0.1, 0.15) is 12.2 Å². The van der Waals surface area contributed by atoms with Crippen molar-refractivity contribution < 1.29 is 29.6 Å². The van der Waals surface area contributed by atoms with Crippen LogP contribution in [0.25, 0.3) is 0 Å².